The normalized spacial score (nSPS) is 28.8. The van der Waals surface area contributed by atoms with Gasteiger partial charge in [0.05, 0.1) is 13.2 Å². The predicted octanol–water partition coefficient (Wildman–Crippen LogP) is -2.50. The Labute approximate surface area is 200 Å². The Hall–Kier alpha value is -0.930. The smallest absolute Gasteiger partial charge is 0.251 e. The van der Waals surface area contributed by atoms with Crippen molar-refractivity contribution >= 4 is 5.91 Å². The van der Waals surface area contributed by atoms with E-state index in [1.54, 1.807) is 0 Å². The van der Waals surface area contributed by atoms with Crippen molar-refractivity contribution in [1.82, 2.24) is 5.32 Å². The molecule has 0 aromatic rings. The molecular weight excluding hydrogens is 454 g/mol. The third-order valence-corrected chi connectivity index (χ3v) is 5.96. The van der Waals surface area contributed by atoms with E-state index >= 15 is 0 Å². The summed E-state index contributed by atoms with van der Waals surface area (Å²) in [6.07, 6.45) is -7.48. The molecule has 0 aromatic heterocycles. The molecule has 0 unspecified atom stereocenters. The van der Waals surface area contributed by atoms with Crippen molar-refractivity contribution in [2.45, 2.75) is 113 Å². The van der Waals surface area contributed by atoms with Crippen LogP contribution in [0.25, 0.3) is 0 Å². The van der Waals surface area contributed by atoms with Gasteiger partial charge in [-0.1, -0.05) is 51.9 Å². The van der Waals surface area contributed by atoms with E-state index in [9.17, 15) is 45.6 Å². The fraction of sp³-hybridized carbons (Fsp3) is 0.955. The van der Waals surface area contributed by atoms with Crippen LogP contribution >= 0.6 is 0 Å². The molecular formula is C22H43NO11. The molecule has 34 heavy (non-hydrogen) atoms. The van der Waals surface area contributed by atoms with Crippen molar-refractivity contribution in [3.8, 4) is 0 Å². The highest BCUT2D eigenvalue weighted by Crippen LogP contribution is 2.25. The summed E-state index contributed by atoms with van der Waals surface area (Å²) < 4.78 is 10.4. The Morgan fingerprint density at radius 1 is 0.912 bits per heavy atom. The number of carbonyl (C=O) groups excluding carboxylic acids is 1. The SMILES string of the molecule is CCCCCCCCCCNC(=O)[C@H](O)[C@@H](O)[C@H](O[C@@H]1O[C@H](CO)[C@H](O)[C@H](O)[C@H]1O)[C@H](O)CO. The number of aliphatic hydroxyl groups excluding tert-OH is 8. The second-order valence-electron chi connectivity index (χ2n) is 8.75. The zero-order valence-corrected chi connectivity index (χ0v) is 19.8. The van der Waals surface area contributed by atoms with Gasteiger partial charge in [0.15, 0.2) is 12.4 Å². The average Bonchev–Trinajstić information content (AvgIpc) is 2.84. The quantitative estimate of drug-likeness (QED) is 0.0959. The Balaban J connectivity index is 2.58. The molecule has 1 saturated heterocycles. The van der Waals surface area contributed by atoms with Gasteiger partial charge in [-0.2, -0.15) is 0 Å². The summed E-state index contributed by atoms with van der Waals surface area (Å²) in [6.45, 7) is 0.775. The molecule has 1 amide bonds. The summed E-state index contributed by atoms with van der Waals surface area (Å²) >= 11 is 0. The number of aliphatic hydroxyl groups is 8. The van der Waals surface area contributed by atoms with Gasteiger partial charge in [-0.15, -0.1) is 0 Å². The number of rotatable bonds is 17. The van der Waals surface area contributed by atoms with Crippen LogP contribution in [-0.4, -0.2) is 122 Å². The molecule has 0 radical (unpaired) electrons. The fourth-order valence-electron chi connectivity index (χ4n) is 3.75. The second kappa shape index (κ2) is 16.7. The van der Waals surface area contributed by atoms with E-state index in [1.807, 2.05) is 0 Å². The number of carbonyl (C=O) groups is 1. The largest absolute Gasteiger partial charge is 0.394 e. The van der Waals surface area contributed by atoms with E-state index in [0.29, 0.717) is 6.42 Å². The Morgan fingerprint density at radius 3 is 2.06 bits per heavy atom. The van der Waals surface area contributed by atoms with Crippen molar-refractivity contribution in [3.63, 3.8) is 0 Å². The molecule has 0 saturated carbocycles. The molecule has 12 nitrogen and oxygen atoms in total. The van der Waals surface area contributed by atoms with E-state index in [-0.39, 0.29) is 6.54 Å². The van der Waals surface area contributed by atoms with Crippen LogP contribution in [0.1, 0.15) is 58.3 Å². The molecule has 12 heteroatoms. The molecule has 202 valence electrons. The average molecular weight is 498 g/mol. The molecule has 1 aliphatic heterocycles. The van der Waals surface area contributed by atoms with Crippen LogP contribution in [-0.2, 0) is 14.3 Å². The van der Waals surface area contributed by atoms with Gasteiger partial charge in [-0.3, -0.25) is 4.79 Å². The van der Waals surface area contributed by atoms with Gasteiger partial charge in [-0.25, -0.2) is 0 Å². The molecule has 0 bridgehead atoms. The van der Waals surface area contributed by atoms with Crippen LogP contribution in [0.3, 0.4) is 0 Å². The van der Waals surface area contributed by atoms with Crippen LogP contribution in [0.2, 0.25) is 0 Å². The first-order valence-electron chi connectivity index (χ1n) is 12.1. The van der Waals surface area contributed by atoms with E-state index in [1.165, 1.54) is 25.7 Å². The monoisotopic (exact) mass is 497 g/mol. The molecule has 9 atom stereocenters. The lowest BCUT2D eigenvalue weighted by Crippen LogP contribution is -2.62. The minimum Gasteiger partial charge on any atom is -0.394 e. The van der Waals surface area contributed by atoms with Crippen molar-refractivity contribution in [2.24, 2.45) is 0 Å². The lowest BCUT2D eigenvalue weighted by molar-refractivity contribution is -0.326. The third-order valence-electron chi connectivity index (χ3n) is 5.96. The van der Waals surface area contributed by atoms with E-state index < -0.39 is 74.2 Å². The third kappa shape index (κ3) is 9.61. The molecule has 0 aromatic carbocycles. The molecule has 0 spiro atoms. The van der Waals surface area contributed by atoms with Gasteiger partial charge in [0, 0.05) is 6.54 Å². The van der Waals surface area contributed by atoms with E-state index in [4.69, 9.17) is 9.47 Å². The van der Waals surface area contributed by atoms with Gasteiger partial charge in [-0.05, 0) is 6.42 Å². The van der Waals surface area contributed by atoms with Gasteiger partial charge >= 0.3 is 0 Å². The molecule has 1 aliphatic rings. The van der Waals surface area contributed by atoms with Crippen molar-refractivity contribution in [3.05, 3.63) is 0 Å². The predicted molar refractivity (Wildman–Crippen MR) is 119 cm³/mol. The van der Waals surface area contributed by atoms with Crippen molar-refractivity contribution in [2.75, 3.05) is 19.8 Å². The fourth-order valence-corrected chi connectivity index (χ4v) is 3.75. The Morgan fingerprint density at radius 2 is 1.50 bits per heavy atom. The van der Waals surface area contributed by atoms with Gasteiger partial charge in [0.25, 0.3) is 5.91 Å². The first-order valence-corrected chi connectivity index (χ1v) is 12.1. The molecule has 0 aliphatic carbocycles. The van der Waals surface area contributed by atoms with Crippen LogP contribution in [0.5, 0.6) is 0 Å². The minimum atomic E-state index is -2.04. The number of hydrogen-bond acceptors (Lipinski definition) is 11. The van der Waals surface area contributed by atoms with Gasteiger partial charge < -0.3 is 55.6 Å². The summed E-state index contributed by atoms with van der Waals surface area (Å²) in [4.78, 5) is 12.2. The summed E-state index contributed by atoms with van der Waals surface area (Å²) in [5.74, 6) is -0.914. The lowest BCUT2D eigenvalue weighted by Gasteiger charge is -2.42. The Bertz CT molecular complexity index is 553. The highest BCUT2D eigenvalue weighted by molar-refractivity contribution is 5.81. The summed E-state index contributed by atoms with van der Waals surface area (Å²) in [6, 6.07) is 0. The van der Waals surface area contributed by atoms with Crippen molar-refractivity contribution in [1.29, 1.82) is 0 Å². The van der Waals surface area contributed by atoms with Gasteiger partial charge in [0.2, 0.25) is 0 Å². The highest BCUT2D eigenvalue weighted by atomic mass is 16.7. The molecule has 9 N–H and O–H groups in total. The van der Waals surface area contributed by atoms with E-state index in [0.717, 1.165) is 19.3 Å². The number of amides is 1. The van der Waals surface area contributed by atoms with Crippen LogP contribution in [0.15, 0.2) is 0 Å². The highest BCUT2D eigenvalue weighted by Gasteiger charge is 2.47. The summed E-state index contributed by atoms with van der Waals surface area (Å²) in [5.41, 5.74) is 0. The Kier molecular flexibility index (Phi) is 15.3. The second-order valence-corrected chi connectivity index (χ2v) is 8.75. The van der Waals surface area contributed by atoms with Crippen LogP contribution in [0, 0.1) is 0 Å². The maximum Gasteiger partial charge on any atom is 0.251 e. The van der Waals surface area contributed by atoms with Crippen LogP contribution < -0.4 is 5.32 Å². The minimum absolute atomic E-state index is 0.276. The zero-order valence-electron chi connectivity index (χ0n) is 19.8. The molecule has 1 heterocycles. The number of nitrogens with one attached hydrogen (secondary N) is 1. The number of ether oxygens (including phenoxy) is 2. The number of hydrogen-bond donors (Lipinski definition) is 9. The summed E-state index contributed by atoms with van der Waals surface area (Å²) in [7, 11) is 0. The van der Waals surface area contributed by atoms with E-state index in [2.05, 4.69) is 12.2 Å². The molecule has 1 fully saturated rings. The topological polar surface area (TPSA) is 209 Å². The lowest BCUT2D eigenvalue weighted by atomic mass is 9.98. The number of unbranched alkanes of at least 4 members (excludes halogenated alkanes) is 7. The molecule has 1 rings (SSSR count). The van der Waals surface area contributed by atoms with Crippen LogP contribution in [0.4, 0.5) is 0 Å². The van der Waals surface area contributed by atoms with Gasteiger partial charge in [0.1, 0.15) is 42.7 Å². The first kappa shape index (κ1) is 31.1. The standard InChI is InChI=1S/C22H43NO11/c1-2-3-4-5-6-7-8-9-10-23-21(32)18(30)17(29)20(13(26)11-24)34-22-19(31)16(28)15(27)14(12-25)33-22/h13-20,22,24-31H,2-12H2,1H3,(H,23,32)/t13-,14-,15+,16+,17-,18-,19-,20-,22+/m1/s1. The first-order chi connectivity index (χ1) is 16.2. The maximum atomic E-state index is 12.2. The zero-order chi connectivity index (χ0) is 25.7. The summed E-state index contributed by atoms with van der Waals surface area (Å²) in [5, 5.41) is 81.6. The maximum absolute atomic E-state index is 12.2. The van der Waals surface area contributed by atoms with Crippen molar-refractivity contribution < 1.29 is 55.1 Å².